The fraction of sp³-hybridized carbons (Fsp3) is 0.435. The molecule has 0 aliphatic carbocycles. The van der Waals surface area contributed by atoms with E-state index in [0.717, 1.165) is 12.1 Å². The van der Waals surface area contributed by atoms with Gasteiger partial charge < -0.3 is 20.4 Å². The van der Waals surface area contributed by atoms with Crippen LogP contribution in [0.1, 0.15) is 81.4 Å². The van der Waals surface area contributed by atoms with Crippen molar-refractivity contribution in [3.63, 3.8) is 0 Å². The molecule has 2 aromatic carbocycles. The summed E-state index contributed by atoms with van der Waals surface area (Å²) >= 11 is 0. The van der Waals surface area contributed by atoms with Crippen molar-refractivity contribution in [2.24, 2.45) is 0 Å². The number of phenolic OH excluding ortho intramolecular Hbond substituents is 4. The number of aromatic hydroxyl groups is 4. The number of benzene rings is 2. The summed E-state index contributed by atoms with van der Waals surface area (Å²) in [5, 5.41) is 41.1. The second kappa shape index (κ2) is 7.38. The summed E-state index contributed by atoms with van der Waals surface area (Å²) in [4.78, 5) is 13.6. The van der Waals surface area contributed by atoms with E-state index in [-0.39, 0.29) is 34.1 Å². The van der Waals surface area contributed by atoms with Gasteiger partial charge >= 0.3 is 0 Å². The molecule has 0 aliphatic heterocycles. The highest BCUT2D eigenvalue weighted by atomic mass is 16.3. The topological polar surface area (TPSA) is 98.0 Å². The number of rotatable bonds is 6. The Labute approximate surface area is 166 Å². The predicted molar refractivity (Wildman–Crippen MR) is 110 cm³/mol. The highest BCUT2D eigenvalue weighted by molar-refractivity contribution is 6.14. The molecule has 152 valence electrons. The lowest BCUT2D eigenvalue weighted by molar-refractivity contribution is 0.102. The molecule has 0 saturated heterocycles. The molecule has 5 heteroatoms. The van der Waals surface area contributed by atoms with E-state index in [1.807, 2.05) is 41.5 Å². The largest absolute Gasteiger partial charge is 0.508 e. The molecule has 0 atom stereocenters. The summed E-state index contributed by atoms with van der Waals surface area (Å²) in [6, 6.07) is 5.23. The fourth-order valence-corrected chi connectivity index (χ4v) is 3.27. The van der Waals surface area contributed by atoms with Gasteiger partial charge in [0.15, 0.2) is 0 Å². The van der Waals surface area contributed by atoms with Crippen molar-refractivity contribution in [1.29, 1.82) is 0 Å². The third-order valence-electron chi connectivity index (χ3n) is 5.88. The summed E-state index contributed by atoms with van der Waals surface area (Å²) < 4.78 is 0. The normalized spacial score (nSPS) is 12.2. The Morgan fingerprint density at radius 2 is 1.04 bits per heavy atom. The van der Waals surface area contributed by atoms with Gasteiger partial charge in [-0.15, -0.1) is 0 Å². The Hall–Kier alpha value is -2.69. The number of carbonyl (C=O) groups is 1. The van der Waals surface area contributed by atoms with Crippen LogP contribution in [0.4, 0.5) is 0 Å². The molecule has 0 bridgehead atoms. The first-order valence-electron chi connectivity index (χ1n) is 9.53. The maximum Gasteiger partial charge on any atom is 0.201 e. The zero-order valence-corrected chi connectivity index (χ0v) is 17.4. The Kier molecular flexibility index (Phi) is 5.69. The first-order chi connectivity index (χ1) is 12.9. The average Bonchev–Trinajstić information content (AvgIpc) is 2.59. The van der Waals surface area contributed by atoms with Crippen LogP contribution in [0.2, 0.25) is 0 Å². The fourth-order valence-electron chi connectivity index (χ4n) is 3.27. The van der Waals surface area contributed by atoms with Crippen molar-refractivity contribution in [2.45, 2.75) is 65.2 Å². The van der Waals surface area contributed by atoms with Gasteiger partial charge in [0.05, 0.1) is 11.1 Å². The molecule has 28 heavy (non-hydrogen) atoms. The Bertz CT molecular complexity index is 836. The molecule has 0 radical (unpaired) electrons. The van der Waals surface area contributed by atoms with Crippen molar-refractivity contribution in [3.05, 3.63) is 46.5 Å². The van der Waals surface area contributed by atoms with Gasteiger partial charge in [-0.1, -0.05) is 41.5 Å². The number of hydrogen-bond donors (Lipinski definition) is 4. The molecule has 2 rings (SSSR count). The quantitative estimate of drug-likeness (QED) is 0.517. The molecular weight excluding hydrogens is 356 g/mol. The van der Waals surface area contributed by atoms with Crippen LogP contribution in [0.15, 0.2) is 24.3 Å². The number of ketones is 1. The van der Waals surface area contributed by atoms with Crippen molar-refractivity contribution in [1.82, 2.24) is 0 Å². The average molecular weight is 386 g/mol. The molecule has 0 fully saturated rings. The molecule has 0 aliphatic rings. The summed E-state index contributed by atoms with van der Waals surface area (Å²) in [6.07, 6.45) is 1.34. The van der Waals surface area contributed by atoms with Crippen LogP contribution in [0.3, 0.4) is 0 Å². The van der Waals surface area contributed by atoms with E-state index in [2.05, 4.69) is 0 Å². The van der Waals surface area contributed by atoms with E-state index in [1.165, 1.54) is 12.1 Å². The van der Waals surface area contributed by atoms with Crippen LogP contribution in [-0.4, -0.2) is 26.2 Å². The zero-order valence-electron chi connectivity index (χ0n) is 17.4. The van der Waals surface area contributed by atoms with E-state index in [4.69, 9.17) is 0 Å². The monoisotopic (exact) mass is 386 g/mol. The molecule has 0 saturated carbocycles. The predicted octanol–water partition coefficient (Wildman–Crippen LogP) is 5.12. The van der Waals surface area contributed by atoms with Gasteiger partial charge in [-0.25, -0.2) is 0 Å². The van der Waals surface area contributed by atoms with E-state index in [0.29, 0.717) is 24.0 Å². The van der Waals surface area contributed by atoms with Gasteiger partial charge in [-0.3, -0.25) is 4.79 Å². The highest BCUT2D eigenvalue weighted by Gasteiger charge is 2.34. The van der Waals surface area contributed by atoms with E-state index in [1.54, 1.807) is 0 Å². The second-order valence-corrected chi connectivity index (χ2v) is 8.58. The number of hydrogen-bond acceptors (Lipinski definition) is 5. The van der Waals surface area contributed by atoms with Gasteiger partial charge in [0.25, 0.3) is 0 Å². The van der Waals surface area contributed by atoms with Crippen LogP contribution >= 0.6 is 0 Å². The molecule has 0 aromatic heterocycles. The summed E-state index contributed by atoms with van der Waals surface area (Å²) in [5.41, 5.74) is 0.135. The van der Waals surface area contributed by atoms with Gasteiger partial charge in [0.1, 0.15) is 23.0 Å². The number of carbonyl (C=O) groups excluding carboxylic acids is 1. The lowest BCUT2D eigenvalue weighted by atomic mass is 9.74. The van der Waals surface area contributed by atoms with Gasteiger partial charge in [0.2, 0.25) is 5.78 Å². The summed E-state index contributed by atoms with van der Waals surface area (Å²) in [6.45, 7) is 11.6. The minimum absolute atomic E-state index is 0.0544. The van der Waals surface area contributed by atoms with Crippen LogP contribution < -0.4 is 0 Å². The minimum atomic E-state index is -0.539. The smallest absolute Gasteiger partial charge is 0.201 e. The molecule has 0 amide bonds. The van der Waals surface area contributed by atoms with Crippen LogP contribution in [0.25, 0.3) is 0 Å². The van der Waals surface area contributed by atoms with Crippen molar-refractivity contribution < 1.29 is 25.2 Å². The van der Waals surface area contributed by atoms with E-state index in [9.17, 15) is 25.2 Å². The molecular formula is C23H30O5. The van der Waals surface area contributed by atoms with Crippen molar-refractivity contribution >= 4 is 5.78 Å². The lowest BCUT2D eigenvalue weighted by Gasteiger charge is -2.29. The molecule has 4 N–H and O–H groups in total. The van der Waals surface area contributed by atoms with Crippen molar-refractivity contribution in [2.75, 3.05) is 0 Å². The van der Waals surface area contributed by atoms with Crippen LogP contribution in [0.5, 0.6) is 23.0 Å². The molecule has 0 spiro atoms. The molecule has 5 nitrogen and oxygen atoms in total. The minimum Gasteiger partial charge on any atom is -0.508 e. The highest BCUT2D eigenvalue weighted by Crippen LogP contribution is 2.43. The Morgan fingerprint density at radius 3 is 1.32 bits per heavy atom. The molecule has 0 heterocycles. The van der Waals surface area contributed by atoms with E-state index >= 15 is 0 Å². The van der Waals surface area contributed by atoms with Crippen molar-refractivity contribution in [3.8, 4) is 23.0 Å². The first kappa shape index (κ1) is 21.6. The lowest BCUT2D eigenvalue weighted by Crippen LogP contribution is -2.24. The van der Waals surface area contributed by atoms with E-state index < -0.39 is 16.6 Å². The van der Waals surface area contributed by atoms with Gasteiger partial charge in [0, 0.05) is 12.1 Å². The van der Waals surface area contributed by atoms with Crippen LogP contribution in [-0.2, 0) is 10.8 Å². The molecule has 2 aromatic rings. The van der Waals surface area contributed by atoms with Gasteiger partial charge in [-0.05, 0) is 46.9 Å². The second-order valence-electron chi connectivity index (χ2n) is 8.58. The standard InChI is InChI=1S/C23H30O5/c1-7-22(3,4)15-9-13(24)11-17(26)19(15)21(28)20-16(23(5,6)8-2)10-14(25)12-18(20)27/h9-12,24-27H,7-8H2,1-6H3. The zero-order chi connectivity index (χ0) is 21.4. The summed E-state index contributed by atoms with van der Waals surface area (Å²) in [5.74, 6) is -1.48. The van der Waals surface area contributed by atoms with Crippen LogP contribution in [0, 0.1) is 0 Å². The SMILES string of the molecule is CCC(C)(C)c1cc(O)cc(O)c1C(=O)c1c(O)cc(O)cc1C(C)(C)CC. The first-order valence-corrected chi connectivity index (χ1v) is 9.53. The Morgan fingerprint density at radius 1 is 0.714 bits per heavy atom. The maximum atomic E-state index is 13.6. The maximum absolute atomic E-state index is 13.6. The molecule has 0 unspecified atom stereocenters. The third-order valence-corrected chi connectivity index (χ3v) is 5.88. The third kappa shape index (κ3) is 3.79. The number of phenols is 4. The Balaban J connectivity index is 2.86. The van der Waals surface area contributed by atoms with Gasteiger partial charge in [-0.2, -0.15) is 0 Å². The summed E-state index contributed by atoms with van der Waals surface area (Å²) in [7, 11) is 0.